The highest BCUT2D eigenvalue weighted by molar-refractivity contribution is 6.03. The molecule has 28 nitrogen and oxygen atoms in total. The molecule has 2 unspecified atom stereocenters. The molecule has 29 heteroatoms. The number of benzene rings is 2. The summed E-state index contributed by atoms with van der Waals surface area (Å²) < 4.78 is 32.6. The predicted molar refractivity (Wildman–Crippen MR) is 424 cm³/mol. The number of carbonyl (C=O) groups excluding carboxylic acids is 5. The van der Waals surface area contributed by atoms with E-state index in [1.54, 1.807) is 31.3 Å². The summed E-state index contributed by atoms with van der Waals surface area (Å²) in [5.74, 6) is 0.782. The lowest BCUT2D eigenvalue weighted by molar-refractivity contribution is -0.138. The number of amides is 3. The summed E-state index contributed by atoms with van der Waals surface area (Å²) in [4.78, 5) is 114. The number of ketones is 2. The number of ether oxygens (including phenoxy) is 4. The van der Waals surface area contributed by atoms with Crippen molar-refractivity contribution in [2.24, 2.45) is 25.9 Å². The first-order valence-corrected chi connectivity index (χ1v) is 41.0. The summed E-state index contributed by atoms with van der Waals surface area (Å²) >= 11 is 0. The smallest absolute Gasteiger partial charge is 0.329 e. The van der Waals surface area contributed by atoms with Crippen LogP contribution in [0.2, 0.25) is 0 Å². The summed E-state index contributed by atoms with van der Waals surface area (Å²) in [6.45, 7) is 13.2. The second-order valence-corrected chi connectivity index (χ2v) is 31.9. The van der Waals surface area contributed by atoms with Crippen LogP contribution >= 0.6 is 12.4 Å². The molecule has 8 fully saturated rings. The van der Waals surface area contributed by atoms with E-state index in [-0.39, 0.29) is 73.0 Å². The topological polar surface area (TPSA) is 308 Å². The standard InChI is InChI=1S/C41H54N8O6.C22H33N5O.C20H24N2O6.ClH/c1-45-36-26-28(6-9-34(36)49(41(45)53)35-10-11-37(50)44-40(35)52)3-2-21-54-24-15-38(51)47-19-17-46(18-20-47)31-7-4-29(5-8-31)25-33-39-32(30-13-22-55-23-14-30)12-16-48(39)43-27-42-33;1-3-19(26-11-8-23-9-12-26)4-2-17(1)15-21-22-20(18-6-13-28-14-7-18)5-10-27(22)25-16-24-21;1-21-17-11-13(3-2-9-28-10-8-19(25)26)4-6-15(17)22(20(21)27)16-7-5-14(23)12-18(16)24;/h6,9,12,16,26-27,29-31,35H,2-5,7-8,10-11,13-15,17-25H2,1H3,(H,44,50,52);5,10,16-19,23H,1-4,6-9,11-15H2;4,6,11,16H,2-3,5,7-10,12H2,1H3,(H,25,26);1H. The maximum Gasteiger partial charge on any atom is 0.329 e. The first-order valence-electron chi connectivity index (χ1n) is 41.0. The Morgan fingerprint density at radius 2 is 1.03 bits per heavy atom. The number of piperidine rings is 1. The van der Waals surface area contributed by atoms with E-state index in [0.29, 0.717) is 80.3 Å². The summed E-state index contributed by atoms with van der Waals surface area (Å²) in [5.41, 5.74) is 12.2. The van der Waals surface area contributed by atoms with Crippen molar-refractivity contribution in [3.05, 3.63) is 128 Å². The Hall–Kier alpha value is -8.35. The monoisotopic (exact) mass is 1560 g/mol. The zero-order valence-electron chi connectivity index (χ0n) is 65.1. The molecule has 0 bridgehead atoms. The van der Waals surface area contributed by atoms with Gasteiger partial charge in [0.25, 0.3) is 0 Å². The Bertz CT molecular complexity index is 4690. The number of aliphatic carboxylic acids is 1. The summed E-state index contributed by atoms with van der Waals surface area (Å²) in [6, 6.07) is 16.2. The van der Waals surface area contributed by atoms with Crippen LogP contribution in [0.5, 0.6) is 0 Å². The van der Waals surface area contributed by atoms with Gasteiger partial charge in [-0.05, 0) is 211 Å². The summed E-state index contributed by atoms with van der Waals surface area (Å²) in [5, 5.41) is 23.4. The summed E-state index contributed by atoms with van der Waals surface area (Å²) in [6.07, 6.45) is 28.8. The van der Waals surface area contributed by atoms with E-state index in [9.17, 15) is 38.4 Å². The van der Waals surface area contributed by atoms with Crippen molar-refractivity contribution in [3.8, 4) is 0 Å². The van der Waals surface area contributed by atoms with Crippen LogP contribution in [0.3, 0.4) is 0 Å². The maximum absolute atomic E-state index is 13.0. The number of aryl methyl sites for hydroxylation is 4. The molecular formula is C83H112ClN15O13. The largest absolute Gasteiger partial charge is 0.481 e. The lowest BCUT2D eigenvalue weighted by Crippen LogP contribution is -2.52. The van der Waals surface area contributed by atoms with E-state index < -0.39 is 24.0 Å². The molecule has 8 aromatic rings. The van der Waals surface area contributed by atoms with E-state index in [2.05, 4.69) is 59.7 Å². The van der Waals surface area contributed by atoms with Gasteiger partial charge >= 0.3 is 17.3 Å². The molecule has 6 aromatic heterocycles. The number of rotatable bonds is 24. The number of halogens is 1. The molecule has 604 valence electrons. The van der Waals surface area contributed by atoms with Gasteiger partial charge in [-0.25, -0.2) is 28.6 Å². The second-order valence-electron chi connectivity index (χ2n) is 31.9. The Labute approximate surface area is 659 Å². The molecule has 3 N–H and O–H groups in total. The average Bonchev–Trinajstić information content (AvgIpc) is 1.60. The molecule has 5 saturated heterocycles. The van der Waals surface area contributed by atoms with Crippen LogP contribution in [-0.2, 0) is 87.5 Å². The fourth-order valence-corrected chi connectivity index (χ4v) is 18.7. The number of hydrogen-bond acceptors (Lipinski definition) is 19. The number of imidazole rings is 2. The molecule has 11 heterocycles. The third-order valence-electron chi connectivity index (χ3n) is 24.9. The van der Waals surface area contributed by atoms with E-state index in [1.165, 1.54) is 112 Å². The number of piperazine rings is 2. The van der Waals surface area contributed by atoms with E-state index >= 15 is 0 Å². The van der Waals surface area contributed by atoms with Crippen molar-refractivity contribution in [2.45, 2.75) is 197 Å². The molecule has 112 heavy (non-hydrogen) atoms. The molecule has 8 aliphatic rings. The van der Waals surface area contributed by atoms with Crippen LogP contribution in [0.25, 0.3) is 33.1 Å². The maximum atomic E-state index is 13.0. The van der Waals surface area contributed by atoms with Crippen molar-refractivity contribution in [1.82, 2.24) is 72.8 Å². The van der Waals surface area contributed by atoms with Crippen LogP contribution < -0.4 is 22.0 Å². The minimum absolute atomic E-state index is 0. The summed E-state index contributed by atoms with van der Waals surface area (Å²) in [7, 11) is 3.38. The quantitative estimate of drug-likeness (QED) is 0.0291. The van der Waals surface area contributed by atoms with E-state index in [1.807, 2.05) is 45.8 Å². The molecule has 2 atom stereocenters. The number of hydrogen-bond donors (Lipinski definition) is 3. The Balaban J connectivity index is 0.000000162. The number of nitrogens with zero attached hydrogens (tertiary/aromatic N) is 13. The van der Waals surface area contributed by atoms with Crippen molar-refractivity contribution in [1.29, 1.82) is 0 Å². The van der Waals surface area contributed by atoms with E-state index in [0.717, 1.165) is 164 Å². The van der Waals surface area contributed by atoms with Gasteiger partial charge < -0.3 is 34.3 Å². The molecule has 16 rings (SSSR count). The van der Waals surface area contributed by atoms with Crippen molar-refractivity contribution in [3.63, 3.8) is 0 Å². The number of carboxylic acids is 1. The van der Waals surface area contributed by atoms with Gasteiger partial charge in [-0.3, -0.25) is 62.2 Å². The molecule has 5 aliphatic heterocycles. The Morgan fingerprint density at radius 1 is 0.545 bits per heavy atom. The van der Waals surface area contributed by atoms with Crippen LogP contribution in [0, 0.1) is 11.8 Å². The molecular weight excluding hydrogens is 1450 g/mol. The van der Waals surface area contributed by atoms with Crippen molar-refractivity contribution in [2.75, 3.05) is 105 Å². The van der Waals surface area contributed by atoms with Gasteiger partial charge in [0.05, 0.1) is 83.0 Å². The first kappa shape index (κ1) is 81.7. The number of aromatic nitrogens is 10. The van der Waals surface area contributed by atoms with Crippen molar-refractivity contribution < 1.29 is 52.8 Å². The Kier molecular flexibility index (Phi) is 28.2. The minimum Gasteiger partial charge on any atom is -0.481 e. The van der Waals surface area contributed by atoms with Gasteiger partial charge in [0.15, 0.2) is 5.78 Å². The second kappa shape index (κ2) is 38.7. The highest BCUT2D eigenvalue weighted by atomic mass is 35.5. The molecule has 0 spiro atoms. The fraction of sp³-hybridized carbons (Fsp3) is 0.614. The number of carbonyl (C=O) groups is 6. The van der Waals surface area contributed by atoms with Gasteiger partial charge in [-0.15, -0.1) is 12.4 Å². The SMILES string of the molecule is Cl.Cn1c(=O)n(C2CCC(=O)CC2=O)c2ccc(CCCOCCC(=O)O)cc21.Cn1c(=O)n(C2CCC(=O)NC2=O)c2ccc(CCCOCCC(=O)N3CCN(C4CCC(Cc5ncnn6ccc(C7CCOCC7)c56)CC4)CC3)cc21.c1nc(CC2CCC(N3CCNCC3)CC2)c2c(C3CCOCC3)ccn2n1. The third kappa shape index (κ3) is 19.5. The fourth-order valence-electron chi connectivity index (χ4n) is 18.7. The molecule has 3 saturated carbocycles. The number of Topliss-reactive ketones (excluding diaryl/α,β-unsaturated/α-hetero) is 2. The Morgan fingerprint density at radius 3 is 1.52 bits per heavy atom. The molecule has 2 aromatic carbocycles. The molecule has 3 aliphatic carbocycles. The molecule has 3 amide bonds. The highest BCUT2D eigenvalue weighted by Crippen LogP contribution is 2.38. The van der Waals surface area contributed by atoms with Crippen molar-refractivity contribution >= 4 is 80.8 Å². The van der Waals surface area contributed by atoms with Gasteiger partial charge in [0.2, 0.25) is 17.7 Å². The number of fused-ring (bicyclic) bond motifs is 4. The van der Waals surface area contributed by atoms with Gasteiger partial charge in [-0.2, -0.15) is 10.2 Å². The first-order chi connectivity index (χ1) is 54.1. The zero-order valence-corrected chi connectivity index (χ0v) is 65.9. The van der Waals surface area contributed by atoms with Crippen LogP contribution in [0.15, 0.2) is 83.2 Å². The number of imide groups is 1. The predicted octanol–water partition coefficient (Wildman–Crippen LogP) is 8.22. The number of nitrogens with one attached hydrogen (secondary N) is 2. The van der Waals surface area contributed by atoms with Crippen LogP contribution in [-0.4, -0.2) is 220 Å². The average molecular weight is 1560 g/mol. The highest BCUT2D eigenvalue weighted by Gasteiger charge is 2.36. The third-order valence-corrected chi connectivity index (χ3v) is 24.9. The number of carboxylic acid groups (broad SMARTS) is 1. The van der Waals surface area contributed by atoms with Crippen LogP contribution in [0.4, 0.5) is 0 Å². The van der Waals surface area contributed by atoms with Gasteiger partial charge in [-0.1, -0.05) is 12.1 Å². The lowest BCUT2D eigenvalue weighted by atomic mass is 9.82. The lowest BCUT2D eigenvalue weighted by Gasteiger charge is -2.42. The normalized spacial score (nSPS) is 22.7. The molecule has 0 radical (unpaired) electrons. The minimum atomic E-state index is -0.878. The van der Waals surface area contributed by atoms with E-state index in [4.69, 9.17) is 34.0 Å². The van der Waals surface area contributed by atoms with Gasteiger partial charge in [0, 0.05) is 143 Å². The van der Waals surface area contributed by atoms with Gasteiger partial charge in [0.1, 0.15) is 24.5 Å². The van der Waals surface area contributed by atoms with Crippen LogP contribution in [0.1, 0.15) is 192 Å². The zero-order chi connectivity index (χ0) is 76.9.